The van der Waals surface area contributed by atoms with Crippen LogP contribution in [0.5, 0.6) is 0 Å². The van der Waals surface area contributed by atoms with E-state index in [9.17, 15) is 9.59 Å². The van der Waals surface area contributed by atoms with Crippen molar-refractivity contribution in [2.24, 2.45) is 11.8 Å². The Hall–Kier alpha value is -1.94. The van der Waals surface area contributed by atoms with E-state index in [0.29, 0.717) is 13.2 Å². The summed E-state index contributed by atoms with van der Waals surface area (Å²) in [5.41, 5.74) is 0. The topological polar surface area (TPSA) is 52.6 Å². The van der Waals surface area contributed by atoms with Gasteiger partial charge in [-0.1, -0.05) is 104 Å². The Morgan fingerprint density at radius 1 is 0.500 bits per heavy atom. The van der Waals surface area contributed by atoms with Gasteiger partial charge < -0.3 is 9.47 Å². The summed E-state index contributed by atoms with van der Waals surface area (Å²) in [7, 11) is 0. The molecule has 0 saturated carbocycles. The Kier molecular flexibility index (Phi) is 22.8. The molecule has 0 aliphatic carbocycles. The highest BCUT2D eigenvalue weighted by molar-refractivity contribution is 5.71. The molecule has 0 atom stereocenters. The minimum atomic E-state index is -0.0898. The summed E-state index contributed by atoms with van der Waals surface area (Å²) < 4.78 is 10.4. The molecule has 4 nitrogen and oxygen atoms in total. The van der Waals surface area contributed by atoms with E-state index in [2.05, 4.69) is 23.7 Å². The van der Waals surface area contributed by atoms with Crippen molar-refractivity contribution in [1.29, 1.82) is 0 Å². The third-order valence-corrected chi connectivity index (χ3v) is 5.56. The second-order valence-corrected chi connectivity index (χ2v) is 9.70. The third-order valence-electron chi connectivity index (χ3n) is 5.56. The second-order valence-electron chi connectivity index (χ2n) is 9.70. The fourth-order valence-electron chi connectivity index (χ4n) is 3.29. The minimum Gasteiger partial charge on any atom is -0.465 e. The van der Waals surface area contributed by atoms with E-state index in [1.54, 1.807) is 0 Å². The van der Waals surface area contributed by atoms with Crippen LogP contribution in [0.1, 0.15) is 130 Å². The maximum atomic E-state index is 11.3. The van der Waals surface area contributed by atoms with Crippen molar-refractivity contribution in [1.82, 2.24) is 0 Å². The van der Waals surface area contributed by atoms with Crippen molar-refractivity contribution in [2.45, 2.75) is 130 Å². The highest BCUT2D eigenvalue weighted by atomic mass is 16.5. The quantitative estimate of drug-likeness (QED) is 0.103. The number of hydrogen-bond acceptors (Lipinski definition) is 4. The van der Waals surface area contributed by atoms with Crippen molar-refractivity contribution in [2.75, 3.05) is 13.2 Å². The standard InChI is InChI=1S/C30H50O4/c1-27(2)29(31)33-25-23-21-19-17-15-13-11-9-7-5-6-8-10-12-14-16-18-20-22-24-26-34-30(32)28(3)4/h27-28H,9-26H2,1-4H3. The number of hydrogen-bond donors (Lipinski definition) is 0. The summed E-state index contributed by atoms with van der Waals surface area (Å²) in [5.74, 6) is 12.1. The molecule has 0 aromatic carbocycles. The molecule has 34 heavy (non-hydrogen) atoms. The molecule has 0 aromatic rings. The van der Waals surface area contributed by atoms with Crippen molar-refractivity contribution < 1.29 is 19.1 Å². The number of unbranched alkanes of at least 4 members (excludes halogenated alkanes) is 14. The zero-order valence-corrected chi connectivity index (χ0v) is 22.5. The van der Waals surface area contributed by atoms with E-state index in [1.165, 1.54) is 51.4 Å². The average Bonchev–Trinajstić information content (AvgIpc) is 2.81. The molecule has 0 aliphatic heterocycles. The Morgan fingerprint density at radius 2 is 0.794 bits per heavy atom. The van der Waals surface area contributed by atoms with Gasteiger partial charge in [-0.2, -0.15) is 0 Å². The van der Waals surface area contributed by atoms with Gasteiger partial charge in [0.1, 0.15) is 0 Å². The van der Waals surface area contributed by atoms with Gasteiger partial charge in [-0.25, -0.2) is 0 Å². The fourth-order valence-corrected chi connectivity index (χ4v) is 3.29. The van der Waals surface area contributed by atoms with Crippen molar-refractivity contribution in [3.05, 3.63) is 0 Å². The number of rotatable bonds is 20. The summed E-state index contributed by atoms with van der Waals surface area (Å²) in [6.45, 7) is 8.59. The Bertz CT molecular complexity index is 572. The number of carbonyl (C=O) groups excluding carboxylic acids is 2. The smallest absolute Gasteiger partial charge is 0.308 e. The molecular weight excluding hydrogens is 424 g/mol. The molecule has 0 unspecified atom stereocenters. The lowest BCUT2D eigenvalue weighted by molar-refractivity contribution is -0.148. The molecule has 194 valence electrons. The lowest BCUT2D eigenvalue weighted by Crippen LogP contribution is -2.12. The first-order valence-electron chi connectivity index (χ1n) is 13.7. The van der Waals surface area contributed by atoms with Crippen molar-refractivity contribution in [3.63, 3.8) is 0 Å². The van der Waals surface area contributed by atoms with Gasteiger partial charge in [0.05, 0.1) is 25.0 Å². The first kappa shape index (κ1) is 32.1. The molecule has 4 heteroatoms. The van der Waals surface area contributed by atoms with Crippen LogP contribution in [0.15, 0.2) is 0 Å². The van der Waals surface area contributed by atoms with Crippen LogP contribution in [0.2, 0.25) is 0 Å². The van der Waals surface area contributed by atoms with E-state index in [4.69, 9.17) is 9.47 Å². The Morgan fingerprint density at radius 3 is 1.12 bits per heavy atom. The van der Waals surface area contributed by atoms with Crippen LogP contribution in [0.3, 0.4) is 0 Å². The predicted molar refractivity (Wildman–Crippen MR) is 141 cm³/mol. The van der Waals surface area contributed by atoms with Crippen LogP contribution < -0.4 is 0 Å². The third kappa shape index (κ3) is 23.2. The SMILES string of the molecule is CC(C)C(=O)OCCCCCCCCCC#CC#CCCCCCCCCCOC(=O)C(C)C. The number of carbonyl (C=O) groups is 2. The molecule has 0 heterocycles. The van der Waals surface area contributed by atoms with Crippen LogP contribution in [-0.2, 0) is 19.1 Å². The zero-order valence-electron chi connectivity index (χ0n) is 22.5. The maximum Gasteiger partial charge on any atom is 0.308 e. The molecule has 0 amide bonds. The van der Waals surface area contributed by atoms with Gasteiger partial charge in [0.15, 0.2) is 0 Å². The molecule has 0 rings (SSSR count). The molecule has 0 saturated heterocycles. The van der Waals surface area contributed by atoms with E-state index >= 15 is 0 Å². The summed E-state index contributed by atoms with van der Waals surface area (Å²) in [6, 6.07) is 0. The van der Waals surface area contributed by atoms with Gasteiger partial charge in [-0.3, -0.25) is 9.59 Å². The summed E-state index contributed by atoms with van der Waals surface area (Å²) in [4.78, 5) is 22.7. The summed E-state index contributed by atoms with van der Waals surface area (Å²) in [6.07, 6.45) is 18.3. The van der Waals surface area contributed by atoms with Gasteiger partial charge in [0.2, 0.25) is 0 Å². The number of esters is 2. The summed E-state index contributed by atoms with van der Waals surface area (Å²) in [5, 5.41) is 0. The zero-order chi connectivity index (χ0) is 25.3. The molecule has 0 N–H and O–H groups in total. The van der Waals surface area contributed by atoms with Crippen LogP contribution in [0.4, 0.5) is 0 Å². The molecule has 0 aromatic heterocycles. The molecule has 0 bridgehead atoms. The fraction of sp³-hybridized carbons (Fsp3) is 0.800. The lowest BCUT2D eigenvalue weighted by atomic mass is 10.1. The van der Waals surface area contributed by atoms with E-state index in [1.807, 2.05) is 27.7 Å². The number of ether oxygens (including phenoxy) is 2. The van der Waals surface area contributed by atoms with E-state index in [0.717, 1.165) is 51.4 Å². The molecule has 0 spiro atoms. The Labute approximate surface area is 210 Å². The highest BCUT2D eigenvalue weighted by Gasteiger charge is 2.07. The first-order chi connectivity index (χ1) is 16.4. The van der Waals surface area contributed by atoms with E-state index < -0.39 is 0 Å². The van der Waals surface area contributed by atoms with Crippen molar-refractivity contribution in [3.8, 4) is 23.7 Å². The summed E-state index contributed by atoms with van der Waals surface area (Å²) >= 11 is 0. The Balaban J connectivity index is 3.32. The normalized spacial score (nSPS) is 10.4. The molecule has 0 aliphatic rings. The largest absolute Gasteiger partial charge is 0.465 e. The molecular formula is C30H50O4. The predicted octanol–water partition coefficient (Wildman–Crippen LogP) is 7.63. The first-order valence-corrected chi connectivity index (χ1v) is 13.7. The van der Waals surface area contributed by atoms with Crippen LogP contribution >= 0.6 is 0 Å². The molecule has 0 fully saturated rings. The van der Waals surface area contributed by atoms with E-state index in [-0.39, 0.29) is 23.8 Å². The van der Waals surface area contributed by atoms with Gasteiger partial charge >= 0.3 is 11.9 Å². The monoisotopic (exact) mass is 474 g/mol. The van der Waals surface area contributed by atoms with Gasteiger partial charge in [-0.05, 0) is 37.5 Å². The minimum absolute atomic E-state index is 0.0263. The average molecular weight is 475 g/mol. The van der Waals surface area contributed by atoms with Crippen LogP contribution in [-0.4, -0.2) is 25.2 Å². The van der Waals surface area contributed by atoms with Gasteiger partial charge in [-0.15, -0.1) is 0 Å². The maximum absolute atomic E-state index is 11.3. The molecule has 0 radical (unpaired) electrons. The van der Waals surface area contributed by atoms with Crippen LogP contribution in [0.25, 0.3) is 0 Å². The van der Waals surface area contributed by atoms with Gasteiger partial charge in [0, 0.05) is 12.8 Å². The van der Waals surface area contributed by atoms with Crippen molar-refractivity contribution >= 4 is 11.9 Å². The van der Waals surface area contributed by atoms with Crippen LogP contribution in [0, 0.1) is 35.5 Å². The highest BCUT2D eigenvalue weighted by Crippen LogP contribution is 2.10. The van der Waals surface area contributed by atoms with Gasteiger partial charge in [0.25, 0.3) is 0 Å². The lowest BCUT2D eigenvalue weighted by Gasteiger charge is -2.06. The second kappa shape index (κ2) is 24.2.